The number of ether oxygens (including phenoxy) is 3. The van der Waals surface area contributed by atoms with Gasteiger partial charge in [-0.1, -0.05) is 122 Å². The van der Waals surface area contributed by atoms with Crippen LogP contribution in [0.2, 0.25) is 0 Å². The molecule has 0 bridgehead atoms. The highest BCUT2D eigenvalue weighted by molar-refractivity contribution is 7.99. The van der Waals surface area contributed by atoms with Crippen LogP contribution in [-0.2, 0) is 35.1 Å². The third kappa shape index (κ3) is 20.5. The van der Waals surface area contributed by atoms with E-state index in [1.807, 2.05) is 0 Å². The third-order valence-corrected chi connectivity index (χ3v) is 10.7. The minimum absolute atomic E-state index is 0.0655. The van der Waals surface area contributed by atoms with Crippen molar-refractivity contribution in [2.75, 3.05) is 23.4 Å². The molecule has 2 heterocycles. The van der Waals surface area contributed by atoms with E-state index in [9.17, 15) is 34.8 Å². The van der Waals surface area contributed by atoms with Gasteiger partial charge in [0.1, 0.15) is 37.1 Å². The quantitative estimate of drug-likeness (QED) is 0.0440. The van der Waals surface area contributed by atoms with Crippen molar-refractivity contribution in [1.82, 2.24) is 15.0 Å². The van der Waals surface area contributed by atoms with Crippen molar-refractivity contribution in [2.24, 2.45) is 5.73 Å². The van der Waals surface area contributed by atoms with E-state index in [1.165, 1.54) is 99.7 Å². The monoisotopic (exact) mass is 787 g/mol. The largest absolute Gasteiger partial charge is 0.462 e. The first kappa shape index (κ1) is 47.8. The van der Waals surface area contributed by atoms with Crippen LogP contribution >= 0.6 is 11.8 Å². The number of anilines is 1. The number of hydrogen-bond acceptors (Lipinski definition) is 14. The molecule has 0 spiro atoms. The van der Waals surface area contributed by atoms with Crippen LogP contribution in [0.5, 0.6) is 0 Å². The summed E-state index contributed by atoms with van der Waals surface area (Å²) in [6.07, 6.45) is 14.6. The van der Waals surface area contributed by atoms with Gasteiger partial charge in [0.05, 0.1) is 18.8 Å². The van der Waals surface area contributed by atoms with Gasteiger partial charge in [-0.2, -0.15) is 11.8 Å². The molecule has 0 saturated carbocycles. The lowest BCUT2D eigenvalue weighted by molar-refractivity contribution is -0.157. The van der Waals surface area contributed by atoms with Gasteiger partial charge < -0.3 is 45.7 Å². The molecule has 1 aromatic heterocycles. The van der Waals surface area contributed by atoms with Crippen LogP contribution in [-0.4, -0.2) is 114 Å². The van der Waals surface area contributed by atoms with Gasteiger partial charge in [-0.3, -0.25) is 14.4 Å². The first-order valence-electron chi connectivity index (χ1n) is 20.3. The molecule has 0 radical (unpaired) electrons. The van der Waals surface area contributed by atoms with Gasteiger partial charge in [-0.25, -0.2) is 4.68 Å². The van der Waals surface area contributed by atoms with Crippen molar-refractivity contribution in [1.29, 1.82) is 0 Å². The molecule has 312 valence electrons. The van der Waals surface area contributed by atoms with Gasteiger partial charge in [-0.05, 0) is 12.8 Å². The Bertz CT molecular complexity index is 1160. The zero-order valence-corrected chi connectivity index (χ0v) is 33.5. The molecular formula is C38H69N5O10S. The van der Waals surface area contributed by atoms with E-state index in [1.54, 1.807) is 0 Å². The maximum Gasteiger partial charge on any atom is 0.306 e. The Hall–Kier alpha value is -2.34. The highest BCUT2D eigenvalue weighted by atomic mass is 32.2. The van der Waals surface area contributed by atoms with Crippen LogP contribution in [0, 0.1) is 0 Å². The number of nitrogens with one attached hydrogen (secondary N) is 1. The van der Waals surface area contributed by atoms with E-state index in [2.05, 4.69) is 29.5 Å². The van der Waals surface area contributed by atoms with Gasteiger partial charge in [0, 0.05) is 24.3 Å². The first-order valence-corrected chi connectivity index (χ1v) is 21.5. The Kier molecular flexibility index (Phi) is 25.7. The Morgan fingerprint density at radius 3 is 1.91 bits per heavy atom. The highest BCUT2D eigenvalue weighted by Crippen LogP contribution is 2.23. The molecule has 1 aliphatic heterocycles. The molecule has 7 N–H and O–H groups in total. The molecule has 1 aliphatic rings. The van der Waals surface area contributed by atoms with Gasteiger partial charge in [0.25, 0.3) is 0 Å². The summed E-state index contributed by atoms with van der Waals surface area (Å²) in [6, 6.07) is -0.955. The minimum atomic E-state index is -1.62. The summed E-state index contributed by atoms with van der Waals surface area (Å²) < 4.78 is 17.5. The third-order valence-electron chi connectivity index (χ3n) is 9.45. The number of nitrogens with zero attached hydrogens (tertiary/aromatic N) is 3. The Labute approximate surface area is 325 Å². The predicted molar refractivity (Wildman–Crippen MR) is 207 cm³/mol. The van der Waals surface area contributed by atoms with E-state index in [-0.39, 0.29) is 42.4 Å². The lowest BCUT2D eigenvalue weighted by Gasteiger charge is -2.20. The Morgan fingerprint density at radius 1 is 0.833 bits per heavy atom. The minimum Gasteiger partial charge on any atom is -0.462 e. The van der Waals surface area contributed by atoms with Crippen LogP contribution in [0.4, 0.5) is 5.82 Å². The number of carbonyl (C=O) groups excluding carboxylic acids is 3. The molecule has 0 aromatic carbocycles. The van der Waals surface area contributed by atoms with E-state index < -0.39 is 48.8 Å². The van der Waals surface area contributed by atoms with Crippen molar-refractivity contribution in [3.63, 3.8) is 0 Å². The SMILES string of the molecule is CCCCCCCCCCCC(=O)OCC(CSCC(N)C(=O)Nc1cn(CC(O)C2OC(O)[C@@H](O)[C@@H]2O)nn1)OC(=O)CCCCCCCCCCC. The fourth-order valence-corrected chi connectivity index (χ4v) is 7.11. The zero-order chi connectivity index (χ0) is 39.6. The number of aliphatic hydroxyl groups excluding tert-OH is 4. The van der Waals surface area contributed by atoms with Gasteiger partial charge in [-0.15, -0.1) is 5.10 Å². The molecule has 16 heteroatoms. The van der Waals surface area contributed by atoms with Crippen LogP contribution in [0.15, 0.2) is 6.20 Å². The van der Waals surface area contributed by atoms with Crippen molar-refractivity contribution < 1.29 is 49.0 Å². The van der Waals surface area contributed by atoms with Crippen LogP contribution < -0.4 is 11.1 Å². The number of carbonyl (C=O) groups is 3. The number of rotatable bonds is 32. The summed E-state index contributed by atoms with van der Waals surface area (Å²) in [7, 11) is 0. The van der Waals surface area contributed by atoms with Gasteiger partial charge in [0.2, 0.25) is 5.91 Å². The second kappa shape index (κ2) is 29.0. The summed E-state index contributed by atoms with van der Waals surface area (Å²) in [5.41, 5.74) is 6.13. The summed E-state index contributed by atoms with van der Waals surface area (Å²) in [4.78, 5) is 38.0. The maximum atomic E-state index is 12.8. The maximum absolute atomic E-state index is 12.8. The molecule has 2 rings (SSSR count). The fraction of sp³-hybridized carbons (Fsp3) is 0.868. The number of esters is 2. The molecule has 54 heavy (non-hydrogen) atoms. The van der Waals surface area contributed by atoms with Crippen LogP contribution in [0.25, 0.3) is 0 Å². The summed E-state index contributed by atoms with van der Waals surface area (Å²) >= 11 is 1.30. The molecule has 5 unspecified atom stereocenters. The summed E-state index contributed by atoms with van der Waals surface area (Å²) in [5.74, 6) is -0.664. The Balaban J connectivity index is 1.77. The van der Waals surface area contributed by atoms with E-state index >= 15 is 0 Å². The number of hydrogen-bond donors (Lipinski definition) is 6. The topological polar surface area (TPSA) is 229 Å². The standard InChI is InChI=1S/C38H69N5O10S/c1-3-5-7-9-11-13-15-17-19-21-32(45)51-25-28(52-33(46)22-20-18-16-14-12-10-8-6-4-2)26-54-27-29(39)37(49)40-31-24-43(42-41-31)23-30(44)36-34(47)35(48)38(50)53-36/h24,28-30,34-36,38,44,47-48,50H,3-23,25-27,39H2,1-2H3,(H,40,49)/t28?,29?,30?,34-,35-,36?,38?/m0/s1. The zero-order valence-electron chi connectivity index (χ0n) is 32.7. The van der Waals surface area contributed by atoms with Crippen molar-refractivity contribution in [2.45, 2.75) is 192 Å². The normalized spacial score (nSPS) is 20.1. The van der Waals surface area contributed by atoms with Crippen molar-refractivity contribution in [3.05, 3.63) is 6.20 Å². The second-order valence-corrected chi connectivity index (χ2v) is 15.5. The van der Waals surface area contributed by atoms with Gasteiger partial charge >= 0.3 is 11.9 Å². The van der Waals surface area contributed by atoms with Gasteiger partial charge in [0.15, 0.2) is 12.1 Å². The number of nitrogens with two attached hydrogens (primary N) is 1. The first-order chi connectivity index (χ1) is 26.0. The molecule has 1 aromatic rings. The molecular weight excluding hydrogens is 719 g/mol. The van der Waals surface area contributed by atoms with E-state index in [0.29, 0.717) is 12.8 Å². The number of unbranched alkanes of at least 4 members (excludes halogenated alkanes) is 16. The fourth-order valence-electron chi connectivity index (χ4n) is 6.14. The smallest absolute Gasteiger partial charge is 0.306 e. The number of aromatic nitrogens is 3. The number of amides is 1. The molecule has 1 saturated heterocycles. The molecule has 1 amide bonds. The van der Waals surface area contributed by atoms with E-state index in [4.69, 9.17) is 19.9 Å². The van der Waals surface area contributed by atoms with Crippen LogP contribution in [0.1, 0.15) is 142 Å². The summed E-state index contributed by atoms with van der Waals surface area (Å²) in [6.45, 7) is 4.15. The molecule has 15 nitrogen and oxygen atoms in total. The van der Waals surface area contributed by atoms with Crippen molar-refractivity contribution >= 4 is 35.4 Å². The van der Waals surface area contributed by atoms with Crippen molar-refractivity contribution in [3.8, 4) is 0 Å². The summed E-state index contributed by atoms with van der Waals surface area (Å²) in [5, 5.41) is 49.8. The number of thioether (sulfide) groups is 1. The average molecular weight is 788 g/mol. The molecule has 0 aliphatic carbocycles. The predicted octanol–water partition coefficient (Wildman–Crippen LogP) is 4.37. The lowest BCUT2D eigenvalue weighted by Crippen LogP contribution is -2.40. The lowest BCUT2D eigenvalue weighted by atomic mass is 10.1. The van der Waals surface area contributed by atoms with E-state index in [0.717, 1.165) is 38.5 Å². The second-order valence-electron chi connectivity index (χ2n) is 14.5. The highest BCUT2D eigenvalue weighted by Gasteiger charge is 2.45. The average Bonchev–Trinajstić information content (AvgIpc) is 3.70. The van der Waals surface area contributed by atoms with Crippen LogP contribution in [0.3, 0.4) is 0 Å². The molecule has 1 fully saturated rings. The number of aliphatic hydroxyl groups is 4. The molecule has 7 atom stereocenters. The Morgan fingerprint density at radius 2 is 1.37 bits per heavy atom.